The fourth-order valence-corrected chi connectivity index (χ4v) is 1.22. The van der Waals surface area contributed by atoms with Crippen LogP contribution in [0.5, 0.6) is 0 Å². The van der Waals surface area contributed by atoms with Crippen molar-refractivity contribution in [3.63, 3.8) is 0 Å². The molecule has 0 bridgehead atoms. The standard InChI is InChI=1S/C7H4F2O4S.2Na/c8-5-2-3(14(12)13)1-4(6(5)9)7(10)11;;/h1-2H,(H,10,11)(H,12,13);;/q;2*+1/p-2. The first kappa shape index (κ1) is 19.0. The number of carbonyl (C=O) groups excluding carboxylic acids is 1. The van der Waals surface area contributed by atoms with Crippen molar-refractivity contribution in [1.82, 2.24) is 0 Å². The molecule has 0 aromatic heterocycles. The molecule has 16 heavy (non-hydrogen) atoms. The number of hydrogen-bond acceptors (Lipinski definition) is 4. The minimum absolute atomic E-state index is 0. The van der Waals surface area contributed by atoms with Crippen LogP contribution in [0.4, 0.5) is 8.78 Å². The van der Waals surface area contributed by atoms with Gasteiger partial charge < -0.3 is 14.5 Å². The summed E-state index contributed by atoms with van der Waals surface area (Å²) >= 11 is -2.82. The molecule has 1 aromatic carbocycles. The van der Waals surface area contributed by atoms with Gasteiger partial charge in [-0.3, -0.25) is 4.21 Å². The third-order valence-electron chi connectivity index (χ3n) is 1.41. The maximum Gasteiger partial charge on any atom is 1.00 e. The molecule has 9 heteroatoms. The predicted molar refractivity (Wildman–Crippen MR) is 37.9 cm³/mol. The molecule has 0 amide bonds. The fourth-order valence-electron chi connectivity index (χ4n) is 0.809. The van der Waals surface area contributed by atoms with Gasteiger partial charge in [-0.1, -0.05) is 0 Å². The first-order valence-electron chi connectivity index (χ1n) is 3.23. The van der Waals surface area contributed by atoms with Gasteiger partial charge in [0.1, 0.15) is 0 Å². The molecule has 1 rings (SSSR count). The van der Waals surface area contributed by atoms with E-state index in [1.807, 2.05) is 0 Å². The molecule has 0 aliphatic rings. The molecule has 0 heterocycles. The summed E-state index contributed by atoms with van der Waals surface area (Å²) in [5.41, 5.74) is -1.12. The Morgan fingerprint density at radius 3 is 2.12 bits per heavy atom. The largest absolute Gasteiger partial charge is 1.00 e. The molecule has 0 N–H and O–H groups in total. The van der Waals surface area contributed by atoms with E-state index in [-0.39, 0.29) is 59.1 Å². The normalized spacial score (nSPS) is 10.9. The summed E-state index contributed by atoms with van der Waals surface area (Å²) < 4.78 is 46.0. The second-order valence-electron chi connectivity index (χ2n) is 2.29. The van der Waals surface area contributed by atoms with Crippen molar-refractivity contribution in [2.24, 2.45) is 0 Å². The van der Waals surface area contributed by atoms with Crippen LogP contribution in [0.2, 0.25) is 0 Å². The maximum atomic E-state index is 12.7. The third kappa shape index (κ3) is 4.50. The van der Waals surface area contributed by atoms with Crippen molar-refractivity contribution in [1.29, 1.82) is 0 Å². The number of halogens is 2. The molecule has 1 atom stereocenters. The van der Waals surface area contributed by atoms with Crippen molar-refractivity contribution >= 4 is 17.0 Å². The summed E-state index contributed by atoms with van der Waals surface area (Å²) in [6.07, 6.45) is 0. The predicted octanol–water partition coefficient (Wildman–Crippen LogP) is -6.43. The Kier molecular flexibility index (Phi) is 9.37. The molecule has 1 aromatic rings. The van der Waals surface area contributed by atoms with E-state index in [0.29, 0.717) is 12.1 Å². The Labute approximate surface area is 136 Å². The second-order valence-corrected chi connectivity index (χ2v) is 3.23. The summed E-state index contributed by atoms with van der Waals surface area (Å²) in [6.45, 7) is 0. The van der Waals surface area contributed by atoms with E-state index in [2.05, 4.69) is 0 Å². The molecule has 0 aliphatic heterocycles. The molecule has 4 nitrogen and oxygen atoms in total. The van der Waals surface area contributed by atoms with Crippen molar-refractivity contribution < 1.29 is 86.6 Å². The van der Waals surface area contributed by atoms with Crippen LogP contribution in [0.3, 0.4) is 0 Å². The summed E-state index contributed by atoms with van der Waals surface area (Å²) in [7, 11) is 0. The molecule has 76 valence electrons. The molecule has 0 fully saturated rings. The topological polar surface area (TPSA) is 80.3 Å². The van der Waals surface area contributed by atoms with Crippen LogP contribution in [0.25, 0.3) is 0 Å². The van der Waals surface area contributed by atoms with Crippen LogP contribution < -0.4 is 64.2 Å². The van der Waals surface area contributed by atoms with Crippen molar-refractivity contribution in [2.75, 3.05) is 0 Å². The third-order valence-corrected chi connectivity index (χ3v) is 2.03. The average molecular weight is 266 g/mol. The zero-order valence-corrected chi connectivity index (χ0v) is 13.3. The van der Waals surface area contributed by atoms with E-state index < -0.39 is 39.1 Å². The van der Waals surface area contributed by atoms with E-state index in [0.717, 1.165) is 0 Å². The first-order valence-corrected chi connectivity index (χ1v) is 4.30. The van der Waals surface area contributed by atoms with Crippen LogP contribution >= 0.6 is 0 Å². The van der Waals surface area contributed by atoms with E-state index in [1.165, 1.54) is 0 Å². The molecule has 0 saturated heterocycles. The van der Waals surface area contributed by atoms with Crippen LogP contribution in [0.15, 0.2) is 17.0 Å². The minimum atomic E-state index is -2.82. The Hall–Kier alpha value is 0.660. The average Bonchev–Trinajstić information content (AvgIpc) is 2.08. The Morgan fingerprint density at radius 2 is 1.75 bits per heavy atom. The van der Waals surface area contributed by atoms with Gasteiger partial charge in [0.05, 0.1) is 5.97 Å². The van der Waals surface area contributed by atoms with Gasteiger partial charge in [-0.2, -0.15) is 0 Å². The van der Waals surface area contributed by atoms with Gasteiger partial charge in [-0.05, 0) is 23.2 Å². The van der Waals surface area contributed by atoms with Gasteiger partial charge in [-0.25, -0.2) is 8.78 Å². The van der Waals surface area contributed by atoms with Gasteiger partial charge in [0.15, 0.2) is 11.6 Å². The molecule has 0 saturated carbocycles. The van der Waals surface area contributed by atoms with Crippen LogP contribution in [-0.2, 0) is 11.1 Å². The van der Waals surface area contributed by atoms with Gasteiger partial charge >= 0.3 is 59.1 Å². The van der Waals surface area contributed by atoms with Crippen molar-refractivity contribution in [2.45, 2.75) is 4.90 Å². The number of carboxylic acid groups (broad SMARTS) is 1. The first-order chi connectivity index (χ1) is 6.43. The van der Waals surface area contributed by atoms with E-state index in [4.69, 9.17) is 0 Å². The summed E-state index contributed by atoms with van der Waals surface area (Å²) in [5.74, 6) is -5.17. The number of carbonyl (C=O) groups is 1. The fraction of sp³-hybridized carbons (Fsp3) is 0. The number of aromatic carboxylic acids is 1. The Bertz CT molecular complexity index is 427. The Balaban J connectivity index is 0. The van der Waals surface area contributed by atoms with E-state index in [9.17, 15) is 27.4 Å². The van der Waals surface area contributed by atoms with Crippen LogP contribution in [0.1, 0.15) is 10.4 Å². The number of benzene rings is 1. The van der Waals surface area contributed by atoms with Gasteiger partial charge in [0.2, 0.25) is 0 Å². The number of rotatable bonds is 2. The van der Waals surface area contributed by atoms with Crippen LogP contribution in [0, 0.1) is 11.6 Å². The minimum Gasteiger partial charge on any atom is -0.768 e. The summed E-state index contributed by atoms with van der Waals surface area (Å²) in [6, 6.07) is 0.863. The number of hydrogen-bond donors (Lipinski definition) is 0. The van der Waals surface area contributed by atoms with Crippen molar-refractivity contribution in [3.05, 3.63) is 29.3 Å². The van der Waals surface area contributed by atoms with E-state index in [1.54, 1.807) is 0 Å². The summed E-state index contributed by atoms with van der Waals surface area (Å²) in [4.78, 5) is 9.58. The smallest absolute Gasteiger partial charge is 0.768 e. The van der Waals surface area contributed by atoms with Gasteiger partial charge in [0.25, 0.3) is 0 Å². The maximum absolute atomic E-state index is 12.7. The molecular weight excluding hydrogens is 264 g/mol. The molecule has 0 spiro atoms. The second kappa shape index (κ2) is 7.88. The SMILES string of the molecule is O=C([O-])c1cc(S(=O)[O-])cc(F)c1F.[Na+].[Na+]. The van der Waals surface area contributed by atoms with Crippen LogP contribution in [-0.4, -0.2) is 14.7 Å². The number of carboxylic acids is 1. The quantitative estimate of drug-likeness (QED) is 0.394. The van der Waals surface area contributed by atoms with E-state index >= 15 is 0 Å². The summed E-state index contributed by atoms with van der Waals surface area (Å²) in [5, 5.41) is 10.2. The van der Waals surface area contributed by atoms with Gasteiger partial charge in [-0.15, -0.1) is 0 Å². The van der Waals surface area contributed by atoms with Crippen molar-refractivity contribution in [3.8, 4) is 0 Å². The zero-order chi connectivity index (χ0) is 10.9. The molecule has 1 unspecified atom stereocenters. The zero-order valence-electron chi connectivity index (χ0n) is 8.45. The molecule has 0 radical (unpaired) electrons. The Morgan fingerprint density at radius 1 is 1.25 bits per heavy atom. The molecular formula is C7H2F2Na2O4S. The van der Waals surface area contributed by atoms with Gasteiger partial charge in [0, 0.05) is 10.5 Å². The monoisotopic (exact) mass is 266 g/mol. The molecule has 0 aliphatic carbocycles.